The lowest BCUT2D eigenvalue weighted by Crippen LogP contribution is -2.48. The van der Waals surface area contributed by atoms with Gasteiger partial charge in [0.1, 0.15) is 11.7 Å². The fourth-order valence-corrected chi connectivity index (χ4v) is 3.63. The highest BCUT2D eigenvalue weighted by Crippen LogP contribution is 2.26. The Kier molecular flexibility index (Phi) is 5.82. The molecule has 0 bridgehead atoms. The Labute approximate surface area is 169 Å². The summed E-state index contributed by atoms with van der Waals surface area (Å²) in [5, 5.41) is 2.95. The van der Waals surface area contributed by atoms with Crippen molar-refractivity contribution in [2.45, 2.75) is 19.5 Å². The molecule has 0 aromatic carbocycles. The van der Waals surface area contributed by atoms with Gasteiger partial charge in [0, 0.05) is 56.2 Å². The lowest BCUT2D eigenvalue weighted by atomic mass is 10.1. The van der Waals surface area contributed by atoms with Crippen LogP contribution in [0.15, 0.2) is 36.7 Å². The average molecular weight is 395 g/mol. The first kappa shape index (κ1) is 19.5. The Morgan fingerprint density at radius 3 is 2.86 bits per heavy atom. The predicted octanol–water partition coefficient (Wildman–Crippen LogP) is 0.936. The number of morpholine rings is 1. The molecule has 0 spiro atoms. The van der Waals surface area contributed by atoms with Crippen LogP contribution < -0.4 is 5.32 Å². The minimum atomic E-state index is -0.553. The van der Waals surface area contributed by atoms with Crippen LogP contribution in [0.1, 0.15) is 23.0 Å². The summed E-state index contributed by atoms with van der Waals surface area (Å²) in [5.41, 5.74) is 2.82. The van der Waals surface area contributed by atoms with E-state index in [0.717, 1.165) is 44.0 Å². The molecule has 2 aliphatic heterocycles. The van der Waals surface area contributed by atoms with Crippen molar-refractivity contribution in [1.29, 1.82) is 0 Å². The van der Waals surface area contributed by atoms with Gasteiger partial charge in [0.2, 0.25) is 5.91 Å². The van der Waals surface area contributed by atoms with E-state index in [0.29, 0.717) is 24.5 Å². The summed E-state index contributed by atoms with van der Waals surface area (Å²) in [7, 11) is 0. The highest BCUT2D eigenvalue weighted by atomic mass is 16.5. The summed E-state index contributed by atoms with van der Waals surface area (Å²) in [5.74, 6) is -0.353. The number of hydrogen-bond acceptors (Lipinski definition) is 6. The van der Waals surface area contributed by atoms with E-state index in [9.17, 15) is 9.59 Å². The van der Waals surface area contributed by atoms with Crippen LogP contribution in [0.5, 0.6) is 0 Å². The van der Waals surface area contributed by atoms with Crippen LogP contribution in [0.2, 0.25) is 0 Å². The van der Waals surface area contributed by atoms with Crippen LogP contribution in [0.3, 0.4) is 0 Å². The Bertz CT molecular complexity index is 883. The van der Waals surface area contributed by atoms with E-state index in [1.54, 1.807) is 24.2 Å². The monoisotopic (exact) mass is 395 g/mol. The standard InChI is InChI=1S/C21H25N5O3/c1-15(20(27)23-7-8-25-9-11-29-12-10-25)26-14-17-4-5-18(24-19(17)21(26)28)16-3-2-6-22-13-16/h2-6,13,15H,7-12,14H2,1H3,(H,23,27)/t15-/m1/s1. The van der Waals surface area contributed by atoms with E-state index < -0.39 is 6.04 Å². The molecule has 0 saturated carbocycles. The number of fused-ring (bicyclic) bond motifs is 1. The van der Waals surface area contributed by atoms with Crippen molar-refractivity contribution < 1.29 is 14.3 Å². The molecule has 1 saturated heterocycles. The van der Waals surface area contributed by atoms with Gasteiger partial charge in [0.05, 0.1) is 18.9 Å². The molecular formula is C21H25N5O3. The van der Waals surface area contributed by atoms with E-state index in [-0.39, 0.29) is 11.8 Å². The third-order valence-corrected chi connectivity index (χ3v) is 5.42. The molecule has 1 N–H and O–H groups in total. The fraction of sp³-hybridized carbons (Fsp3) is 0.429. The van der Waals surface area contributed by atoms with E-state index >= 15 is 0 Å². The molecule has 1 atom stereocenters. The van der Waals surface area contributed by atoms with Crippen LogP contribution in [0.25, 0.3) is 11.3 Å². The minimum absolute atomic E-state index is 0.146. The molecule has 2 aromatic heterocycles. The fourth-order valence-electron chi connectivity index (χ4n) is 3.63. The molecule has 0 radical (unpaired) electrons. The number of pyridine rings is 2. The number of hydrogen-bond donors (Lipinski definition) is 1. The van der Waals surface area contributed by atoms with Crippen molar-refractivity contribution >= 4 is 11.8 Å². The second kappa shape index (κ2) is 8.67. The second-order valence-electron chi connectivity index (χ2n) is 7.30. The third-order valence-electron chi connectivity index (χ3n) is 5.42. The maximum absolute atomic E-state index is 12.9. The molecular weight excluding hydrogens is 370 g/mol. The van der Waals surface area contributed by atoms with Gasteiger partial charge in [-0.2, -0.15) is 0 Å². The first-order chi connectivity index (χ1) is 14.1. The number of carbonyl (C=O) groups is 2. The summed E-state index contributed by atoms with van der Waals surface area (Å²) >= 11 is 0. The van der Waals surface area contributed by atoms with Crippen LogP contribution in [-0.4, -0.2) is 77.0 Å². The van der Waals surface area contributed by atoms with Gasteiger partial charge in [-0.3, -0.25) is 19.5 Å². The number of nitrogens with one attached hydrogen (secondary N) is 1. The number of amides is 2. The highest BCUT2D eigenvalue weighted by Gasteiger charge is 2.35. The van der Waals surface area contributed by atoms with Gasteiger partial charge in [-0.1, -0.05) is 6.07 Å². The van der Waals surface area contributed by atoms with Crippen LogP contribution >= 0.6 is 0 Å². The van der Waals surface area contributed by atoms with Gasteiger partial charge < -0.3 is 15.0 Å². The number of nitrogens with zero attached hydrogens (tertiary/aromatic N) is 4. The molecule has 2 aliphatic rings. The lowest BCUT2D eigenvalue weighted by Gasteiger charge is -2.27. The molecule has 0 unspecified atom stereocenters. The van der Waals surface area contributed by atoms with Crippen molar-refractivity contribution in [2.24, 2.45) is 0 Å². The van der Waals surface area contributed by atoms with Crippen LogP contribution in [0, 0.1) is 0 Å². The number of aromatic nitrogens is 2. The van der Waals surface area contributed by atoms with E-state index in [1.807, 2.05) is 24.3 Å². The van der Waals surface area contributed by atoms with Gasteiger partial charge in [0.15, 0.2) is 0 Å². The predicted molar refractivity (Wildman–Crippen MR) is 107 cm³/mol. The molecule has 0 aliphatic carbocycles. The Balaban J connectivity index is 1.37. The largest absolute Gasteiger partial charge is 0.379 e. The first-order valence-corrected chi connectivity index (χ1v) is 9.92. The molecule has 152 valence electrons. The Hall–Kier alpha value is -2.84. The molecule has 8 nitrogen and oxygen atoms in total. The summed E-state index contributed by atoms with van der Waals surface area (Å²) in [6, 6.07) is 6.99. The van der Waals surface area contributed by atoms with E-state index in [4.69, 9.17) is 4.74 Å². The van der Waals surface area contributed by atoms with Crippen LogP contribution in [0.4, 0.5) is 0 Å². The van der Waals surface area contributed by atoms with Gasteiger partial charge in [-0.15, -0.1) is 0 Å². The zero-order valence-electron chi connectivity index (χ0n) is 16.5. The van der Waals surface area contributed by atoms with Crippen molar-refractivity contribution in [2.75, 3.05) is 39.4 Å². The Morgan fingerprint density at radius 1 is 1.28 bits per heavy atom. The SMILES string of the molecule is C[C@H](C(=O)NCCN1CCOCC1)N1Cc2ccc(-c3cccnc3)nc2C1=O. The maximum Gasteiger partial charge on any atom is 0.273 e. The molecule has 4 rings (SSSR count). The van der Waals surface area contributed by atoms with Crippen molar-refractivity contribution in [3.8, 4) is 11.3 Å². The maximum atomic E-state index is 12.9. The van der Waals surface area contributed by atoms with Crippen molar-refractivity contribution in [3.05, 3.63) is 47.9 Å². The van der Waals surface area contributed by atoms with E-state index in [1.165, 1.54) is 0 Å². The quantitative estimate of drug-likeness (QED) is 0.783. The topological polar surface area (TPSA) is 87.7 Å². The lowest BCUT2D eigenvalue weighted by molar-refractivity contribution is -0.125. The summed E-state index contributed by atoms with van der Waals surface area (Å²) < 4.78 is 5.33. The van der Waals surface area contributed by atoms with E-state index in [2.05, 4.69) is 20.2 Å². The molecule has 2 aromatic rings. The smallest absolute Gasteiger partial charge is 0.273 e. The molecule has 8 heteroatoms. The van der Waals surface area contributed by atoms with Crippen molar-refractivity contribution in [1.82, 2.24) is 25.1 Å². The first-order valence-electron chi connectivity index (χ1n) is 9.92. The average Bonchev–Trinajstić information content (AvgIpc) is 3.10. The summed E-state index contributed by atoms with van der Waals surface area (Å²) in [6.07, 6.45) is 3.42. The Morgan fingerprint density at radius 2 is 2.10 bits per heavy atom. The van der Waals surface area contributed by atoms with Crippen molar-refractivity contribution in [3.63, 3.8) is 0 Å². The zero-order valence-corrected chi connectivity index (χ0v) is 16.5. The van der Waals surface area contributed by atoms with Crippen LogP contribution in [-0.2, 0) is 16.1 Å². The number of carbonyl (C=O) groups excluding carboxylic acids is 2. The minimum Gasteiger partial charge on any atom is -0.379 e. The highest BCUT2D eigenvalue weighted by molar-refractivity contribution is 5.99. The van der Waals surface area contributed by atoms with Gasteiger partial charge in [0.25, 0.3) is 5.91 Å². The summed E-state index contributed by atoms with van der Waals surface area (Å²) in [4.78, 5) is 38.0. The summed E-state index contributed by atoms with van der Waals surface area (Å²) in [6.45, 7) is 6.74. The normalized spacial score (nSPS) is 17.8. The number of rotatable bonds is 6. The molecule has 1 fully saturated rings. The third kappa shape index (κ3) is 4.28. The zero-order chi connectivity index (χ0) is 20.2. The molecule has 4 heterocycles. The van der Waals surface area contributed by atoms with Gasteiger partial charge in [-0.25, -0.2) is 4.98 Å². The molecule has 29 heavy (non-hydrogen) atoms. The van der Waals surface area contributed by atoms with Gasteiger partial charge >= 0.3 is 0 Å². The number of ether oxygens (including phenoxy) is 1. The van der Waals surface area contributed by atoms with Gasteiger partial charge in [-0.05, 0) is 25.1 Å². The molecule has 2 amide bonds. The second-order valence-corrected chi connectivity index (χ2v) is 7.30.